The normalized spacial score (nSPS) is 10.3. The number of nitrogens with one attached hydrogen (secondary N) is 1. The van der Waals surface area contributed by atoms with Gasteiger partial charge in [-0.3, -0.25) is 5.43 Å². The summed E-state index contributed by atoms with van der Waals surface area (Å²) in [6, 6.07) is 14.3. The Bertz CT molecular complexity index is 678. The Labute approximate surface area is 132 Å². The van der Waals surface area contributed by atoms with E-state index in [2.05, 4.69) is 10.5 Å². The summed E-state index contributed by atoms with van der Waals surface area (Å²) in [4.78, 5) is 0. The molecule has 0 saturated heterocycles. The average Bonchev–Trinajstić information content (AvgIpc) is 2.50. The van der Waals surface area contributed by atoms with Gasteiger partial charge in [-0.25, -0.2) is 0 Å². The van der Waals surface area contributed by atoms with Crippen molar-refractivity contribution in [2.24, 2.45) is 5.10 Å². The van der Waals surface area contributed by atoms with Crippen molar-refractivity contribution in [2.75, 3.05) is 12.0 Å². The first-order chi connectivity index (χ1) is 10.2. The molecule has 0 aliphatic rings. The molecule has 6 heteroatoms. The van der Waals surface area contributed by atoms with E-state index in [1.807, 2.05) is 18.2 Å². The molecule has 0 heterocycles. The van der Waals surface area contributed by atoms with Crippen LogP contribution in [0.15, 0.2) is 47.6 Å². The topological polar surface area (TPSA) is 57.4 Å². The molecule has 0 spiro atoms. The Morgan fingerprint density at radius 3 is 2.57 bits per heavy atom. The molecule has 0 aromatic heterocycles. The Kier molecular flexibility index (Phi) is 5.44. The zero-order valence-corrected chi connectivity index (χ0v) is 12.4. The number of rotatable bonds is 5. The molecule has 2 aromatic rings. The van der Waals surface area contributed by atoms with Crippen molar-refractivity contribution in [3.05, 3.63) is 58.1 Å². The van der Waals surface area contributed by atoms with Crippen molar-refractivity contribution >= 4 is 35.1 Å². The van der Waals surface area contributed by atoms with Gasteiger partial charge < -0.3 is 4.74 Å². The van der Waals surface area contributed by atoms with E-state index in [9.17, 15) is 0 Å². The summed E-state index contributed by atoms with van der Waals surface area (Å²) in [6.45, 7) is 0.0340. The van der Waals surface area contributed by atoms with E-state index >= 15 is 0 Å². The summed E-state index contributed by atoms with van der Waals surface area (Å²) >= 11 is 11.7. The van der Waals surface area contributed by atoms with E-state index in [1.165, 1.54) is 0 Å². The number of nitriles is 1. The van der Waals surface area contributed by atoms with E-state index in [1.54, 1.807) is 36.5 Å². The predicted octanol–water partition coefficient (Wildman–Crippen LogP) is 4.34. The molecule has 2 aromatic carbocycles. The molecule has 0 saturated carbocycles. The lowest BCUT2D eigenvalue weighted by atomic mass is 10.2. The number of ether oxygens (including phenoxy) is 1. The summed E-state index contributed by atoms with van der Waals surface area (Å²) in [5.74, 6) is 0.645. The van der Waals surface area contributed by atoms with Crippen LogP contribution in [0, 0.1) is 11.3 Å². The number of benzene rings is 2. The minimum absolute atomic E-state index is 0.0340. The molecule has 1 N–H and O–H groups in total. The summed E-state index contributed by atoms with van der Waals surface area (Å²) < 4.78 is 5.16. The molecule has 4 nitrogen and oxygen atoms in total. The maximum Gasteiger partial charge on any atom is 0.174 e. The molecule has 0 aliphatic carbocycles. The van der Waals surface area contributed by atoms with Crippen molar-refractivity contribution in [1.82, 2.24) is 0 Å². The first-order valence-electron chi connectivity index (χ1n) is 6.03. The van der Waals surface area contributed by atoms with Gasteiger partial charge in [0.25, 0.3) is 0 Å². The molecule has 0 unspecified atom stereocenters. The number of hydrazone groups is 1. The summed E-state index contributed by atoms with van der Waals surface area (Å²) in [6.07, 6.45) is 1.66. The highest BCUT2D eigenvalue weighted by Gasteiger charge is 1.98. The fourth-order valence-corrected chi connectivity index (χ4v) is 1.81. The molecule has 0 atom stereocenters. The second-order valence-electron chi connectivity index (χ2n) is 4.01. The molecule has 2 rings (SSSR count). The highest BCUT2D eigenvalue weighted by molar-refractivity contribution is 6.42. The van der Waals surface area contributed by atoms with Crippen LogP contribution in [0.25, 0.3) is 0 Å². The van der Waals surface area contributed by atoms with Crippen molar-refractivity contribution in [2.45, 2.75) is 0 Å². The van der Waals surface area contributed by atoms with Gasteiger partial charge in [-0.1, -0.05) is 23.2 Å². The van der Waals surface area contributed by atoms with Gasteiger partial charge in [0.2, 0.25) is 0 Å². The molecule has 0 bridgehead atoms. The third-order valence-electron chi connectivity index (χ3n) is 2.51. The van der Waals surface area contributed by atoms with Crippen LogP contribution in [0.2, 0.25) is 10.0 Å². The Morgan fingerprint density at radius 1 is 1.14 bits per heavy atom. The van der Waals surface area contributed by atoms with Crippen LogP contribution in [0.5, 0.6) is 5.75 Å². The fourth-order valence-electron chi connectivity index (χ4n) is 1.51. The Morgan fingerprint density at radius 2 is 1.90 bits per heavy atom. The van der Waals surface area contributed by atoms with E-state index in [0.29, 0.717) is 15.8 Å². The number of hydrogen-bond acceptors (Lipinski definition) is 4. The van der Waals surface area contributed by atoms with Gasteiger partial charge in [-0.2, -0.15) is 10.4 Å². The van der Waals surface area contributed by atoms with Gasteiger partial charge in [-0.05, 0) is 48.0 Å². The second kappa shape index (κ2) is 7.53. The fraction of sp³-hybridized carbons (Fsp3) is 0.0667. The lowest BCUT2D eigenvalue weighted by Gasteiger charge is -2.03. The lowest BCUT2D eigenvalue weighted by molar-refractivity contribution is 0.368. The monoisotopic (exact) mass is 319 g/mol. The highest BCUT2D eigenvalue weighted by Crippen LogP contribution is 2.24. The molecule has 0 radical (unpaired) electrons. The van der Waals surface area contributed by atoms with E-state index < -0.39 is 0 Å². The Hall–Kier alpha value is -2.22. The van der Waals surface area contributed by atoms with Crippen LogP contribution < -0.4 is 10.2 Å². The van der Waals surface area contributed by atoms with Crippen LogP contribution in [0.4, 0.5) is 5.69 Å². The van der Waals surface area contributed by atoms with E-state index in [-0.39, 0.29) is 6.61 Å². The number of anilines is 1. The summed E-state index contributed by atoms with van der Waals surface area (Å²) in [7, 11) is 0. The third kappa shape index (κ3) is 4.67. The molecule has 0 aliphatic heterocycles. The maximum absolute atomic E-state index is 8.42. The molecule has 21 heavy (non-hydrogen) atoms. The van der Waals surface area contributed by atoms with Gasteiger partial charge in [0.15, 0.2) is 6.61 Å². The van der Waals surface area contributed by atoms with Crippen molar-refractivity contribution in [3.63, 3.8) is 0 Å². The quantitative estimate of drug-likeness (QED) is 0.658. The number of halogens is 2. The highest BCUT2D eigenvalue weighted by atomic mass is 35.5. The van der Waals surface area contributed by atoms with E-state index in [4.69, 9.17) is 33.2 Å². The predicted molar refractivity (Wildman–Crippen MR) is 85.2 cm³/mol. The minimum Gasteiger partial charge on any atom is -0.479 e. The number of nitrogens with zero attached hydrogens (tertiary/aromatic N) is 2. The first-order valence-corrected chi connectivity index (χ1v) is 6.78. The van der Waals surface area contributed by atoms with Crippen LogP contribution >= 0.6 is 23.2 Å². The number of hydrogen-bond donors (Lipinski definition) is 1. The van der Waals surface area contributed by atoms with Crippen LogP contribution in [0.3, 0.4) is 0 Å². The van der Waals surface area contributed by atoms with Gasteiger partial charge in [0.1, 0.15) is 11.8 Å². The van der Waals surface area contributed by atoms with Gasteiger partial charge in [0.05, 0.1) is 21.9 Å². The molecular weight excluding hydrogens is 309 g/mol. The Balaban J connectivity index is 1.94. The SMILES string of the molecule is N#CCOc1ccc(/C=N\Nc2ccc(Cl)c(Cl)c2)cc1. The lowest BCUT2D eigenvalue weighted by Crippen LogP contribution is -1.94. The molecule has 0 amide bonds. The zero-order valence-electron chi connectivity index (χ0n) is 10.9. The zero-order chi connectivity index (χ0) is 15.1. The first kappa shape index (κ1) is 15.2. The second-order valence-corrected chi connectivity index (χ2v) is 4.83. The van der Waals surface area contributed by atoms with Crippen molar-refractivity contribution in [3.8, 4) is 11.8 Å². The van der Waals surface area contributed by atoms with Crippen LogP contribution in [0.1, 0.15) is 5.56 Å². The maximum atomic E-state index is 8.42. The van der Waals surface area contributed by atoms with Gasteiger partial charge >= 0.3 is 0 Å². The van der Waals surface area contributed by atoms with Crippen LogP contribution in [-0.4, -0.2) is 12.8 Å². The van der Waals surface area contributed by atoms with Crippen molar-refractivity contribution < 1.29 is 4.74 Å². The molecule has 0 fully saturated rings. The van der Waals surface area contributed by atoms with Crippen LogP contribution in [-0.2, 0) is 0 Å². The molecular formula is C15H11Cl2N3O. The van der Waals surface area contributed by atoms with Gasteiger partial charge in [0, 0.05) is 0 Å². The summed E-state index contributed by atoms with van der Waals surface area (Å²) in [5.41, 5.74) is 4.50. The third-order valence-corrected chi connectivity index (χ3v) is 3.25. The largest absolute Gasteiger partial charge is 0.479 e. The average molecular weight is 320 g/mol. The summed E-state index contributed by atoms with van der Waals surface area (Å²) in [5, 5.41) is 13.5. The van der Waals surface area contributed by atoms with E-state index in [0.717, 1.165) is 11.3 Å². The standard InChI is InChI=1S/C15H11Cl2N3O/c16-14-6-3-12(9-15(14)17)20-19-10-11-1-4-13(5-2-11)21-8-7-18/h1-6,9-10,20H,8H2/b19-10-. The van der Waals surface area contributed by atoms with Crippen molar-refractivity contribution in [1.29, 1.82) is 5.26 Å². The smallest absolute Gasteiger partial charge is 0.174 e. The minimum atomic E-state index is 0.0340. The van der Waals surface area contributed by atoms with Gasteiger partial charge in [-0.15, -0.1) is 0 Å². The molecule has 106 valence electrons.